The van der Waals surface area contributed by atoms with Gasteiger partial charge in [0.05, 0.1) is 36.6 Å². The molecule has 536 valence electrons. The topological polar surface area (TPSA) is 143 Å². The maximum atomic E-state index is 11.5. The number of hydrogen-bond donors (Lipinski definition) is 4. The van der Waals surface area contributed by atoms with E-state index in [1.807, 2.05) is 40.7 Å². The van der Waals surface area contributed by atoms with E-state index in [2.05, 4.69) is 59.8 Å². The molecule has 1 unspecified atom stereocenters. The monoisotopic (exact) mass is 1310 g/mol. The standard InChI is InChI=1S/C26H44O2.C25H40O3.C25H38O3.C4H8O.3CH4.CH3.Li/c1-23(2,27)13-6-7-18-9-11-21-20-10-8-19-17-24(3,28)15-16-26(19,5)22(20)12-14-25(18,21)4;2*1-23(27)14-15-25(3)18(16-23)8-10-19-20-11-9-17(6-5-7-22(26)28-4)24(20,2)13-12-21(19)25;1-2-4-5-3-1;;;;;/h8,18,20-22,27-28H,6-7,9-17H2,1-5H3;8,17,19-21,27H,5-7,9-16H2,1-4H3;5,7-8,17,19-21,27H,6,9-16H2,1-4H3;1-4H2;3*1H4;1H3;/q;;;;;;;-1;+1/b;;7-5+;;;;;;/t18-,20-,21-,22-,24-,25+,26-;17-,19-,20-,21-,23-,24+,25-;17?,19-,20-,21-,23-,24+,25-;;;;;;/m000....../s1. The summed E-state index contributed by atoms with van der Waals surface area (Å²) in [5.41, 5.74) is 5.00. The van der Waals surface area contributed by atoms with Gasteiger partial charge in [-0.2, -0.15) is 0 Å². The van der Waals surface area contributed by atoms with Crippen molar-refractivity contribution in [2.75, 3.05) is 27.4 Å². The van der Waals surface area contributed by atoms with Crippen molar-refractivity contribution in [3.05, 3.63) is 54.5 Å². The largest absolute Gasteiger partial charge is 1.00 e. The molecule has 4 N–H and O–H groups in total. The van der Waals surface area contributed by atoms with Gasteiger partial charge in [-0.15, -0.1) is 0 Å². The van der Waals surface area contributed by atoms with E-state index in [0.717, 1.165) is 149 Å². The van der Waals surface area contributed by atoms with Crippen LogP contribution in [-0.2, 0) is 23.8 Å². The second-order valence-corrected chi connectivity index (χ2v) is 35.9. The summed E-state index contributed by atoms with van der Waals surface area (Å²) >= 11 is 0. The van der Waals surface area contributed by atoms with Crippen LogP contribution in [0.15, 0.2) is 47.1 Å². The number of hydrogen-bond acceptors (Lipinski definition) is 9. The zero-order chi connectivity index (χ0) is 64.2. The fourth-order valence-electron chi connectivity index (χ4n) is 24.4. The first-order valence-corrected chi connectivity index (χ1v) is 37.2. The van der Waals surface area contributed by atoms with Gasteiger partial charge in [0.2, 0.25) is 0 Å². The number of rotatable bonds is 11. The molecule has 0 spiro atoms. The fourth-order valence-corrected chi connectivity index (χ4v) is 24.4. The average Bonchev–Trinajstić information content (AvgIpc) is 1.34. The van der Waals surface area contributed by atoms with Crippen molar-refractivity contribution in [1.82, 2.24) is 0 Å². The third-order valence-electron chi connectivity index (χ3n) is 29.9. The summed E-state index contributed by atoms with van der Waals surface area (Å²) in [5.74, 6) is 9.43. The molecule has 1 aliphatic heterocycles. The van der Waals surface area contributed by atoms with E-state index in [9.17, 15) is 30.0 Å². The zero-order valence-electron chi connectivity index (χ0n) is 60.9. The first-order valence-electron chi connectivity index (χ1n) is 37.2. The van der Waals surface area contributed by atoms with Crippen molar-refractivity contribution in [3.8, 4) is 0 Å². The van der Waals surface area contributed by atoms with Crippen LogP contribution in [0, 0.1) is 111 Å². The Bertz CT molecular complexity index is 2600. The summed E-state index contributed by atoms with van der Waals surface area (Å²) in [4.78, 5) is 22.9. The zero-order valence-corrected chi connectivity index (χ0v) is 60.9. The Morgan fingerprint density at radius 1 is 0.521 bits per heavy atom. The second kappa shape index (κ2) is 32.1. The van der Waals surface area contributed by atoms with Crippen LogP contribution >= 0.6 is 0 Å². The van der Waals surface area contributed by atoms with Crippen LogP contribution < -0.4 is 18.9 Å². The van der Waals surface area contributed by atoms with Crippen LogP contribution in [0.5, 0.6) is 0 Å². The number of carbonyl (C=O) groups excluding carboxylic acids is 2. The Morgan fingerprint density at radius 3 is 1.22 bits per heavy atom. The third kappa shape index (κ3) is 16.9. The molecule has 0 amide bonds. The normalized spacial score (nSPS) is 44.1. The molecule has 0 aromatic carbocycles. The number of esters is 2. The molecule has 94 heavy (non-hydrogen) atoms. The van der Waals surface area contributed by atoms with Crippen LogP contribution in [0.3, 0.4) is 0 Å². The number of allylic oxidation sites excluding steroid dienone is 4. The van der Waals surface area contributed by atoms with Crippen LogP contribution in [0.25, 0.3) is 0 Å². The average molecular weight is 1310 g/mol. The Hall–Kier alpha value is -1.70. The molecule has 13 rings (SSSR count). The minimum Gasteiger partial charge on any atom is -0.469 e. The molecule has 12 aliphatic carbocycles. The van der Waals surface area contributed by atoms with Crippen LogP contribution in [0.2, 0.25) is 0 Å². The fraction of sp³-hybridized carbons (Fsp3) is 0.869. The predicted octanol–water partition coefficient (Wildman–Crippen LogP) is 17.5. The number of aliphatic hydroxyl groups is 4. The molecule has 10 heteroatoms. The second-order valence-electron chi connectivity index (χ2n) is 35.9. The molecular weight excluding hydrogens is 1160 g/mol. The van der Waals surface area contributed by atoms with Crippen molar-refractivity contribution < 1.29 is 63.1 Å². The summed E-state index contributed by atoms with van der Waals surface area (Å²) in [5, 5.41) is 41.9. The molecule has 0 aromatic heterocycles. The first-order chi connectivity index (χ1) is 41.8. The number of methoxy groups -OCH3 is 2. The van der Waals surface area contributed by atoms with E-state index in [1.54, 1.807) is 22.8 Å². The van der Waals surface area contributed by atoms with Gasteiger partial charge >= 0.3 is 30.8 Å². The van der Waals surface area contributed by atoms with Crippen molar-refractivity contribution >= 4 is 11.9 Å². The number of ether oxygens (including phenoxy) is 3. The predicted molar refractivity (Wildman–Crippen MR) is 386 cm³/mol. The van der Waals surface area contributed by atoms with Crippen LogP contribution in [0.4, 0.5) is 0 Å². The SMILES string of the molecule is C.C.C.C1CCOC1.CC(C)(O)CCC[C@H]1CC[C@H]2[C@@H]3CC=C4C[C@@](C)(O)CC[C@]4(C)[C@H]3CC[C@]12C.COC(=O)/C=C/CC1CC[C@H]2[C@@H]3CC=C4C[C@@](C)(O)CC[C@]4(C)[C@H]3CC[C@]12C.COC(=O)CCC[C@H]1CC[C@H]2[C@@H]3CC=C4C[C@@](C)(O)CC[C@]4(C)[C@H]3CC[C@]12C.[CH3-].[Li+]. The third-order valence-corrected chi connectivity index (χ3v) is 29.9. The Kier molecular flexibility index (Phi) is 28.3. The number of fused-ring (bicyclic) bond motifs is 15. The van der Waals surface area contributed by atoms with Gasteiger partial charge in [0.15, 0.2) is 0 Å². The molecule has 21 atom stereocenters. The van der Waals surface area contributed by atoms with Crippen molar-refractivity contribution in [1.29, 1.82) is 0 Å². The molecule has 13 aliphatic rings. The van der Waals surface area contributed by atoms with Gasteiger partial charge < -0.3 is 42.1 Å². The molecule has 9 nitrogen and oxygen atoms in total. The molecular formula is C84H145LiO9. The summed E-state index contributed by atoms with van der Waals surface area (Å²) in [6.07, 6.45) is 49.9. The molecule has 9 saturated carbocycles. The molecule has 0 bridgehead atoms. The molecule has 1 saturated heterocycles. The summed E-state index contributed by atoms with van der Waals surface area (Å²) in [6.45, 7) is 27.2. The van der Waals surface area contributed by atoms with Gasteiger partial charge in [-0.05, 0) is 337 Å². The van der Waals surface area contributed by atoms with Crippen LogP contribution in [-0.4, -0.2) is 82.2 Å². The van der Waals surface area contributed by atoms with E-state index in [0.29, 0.717) is 44.8 Å². The first kappa shape index (κ1) is 83.0. The maximum absolute atomic E-state index is 11.5. The van der Waals surface area contributed by atoms with Gasteiger partial charge in [0, 0.05) is 25.7 Å². The summed E-state index contributed by atoms with van der Waals surface area (Å²) < 4.78 is 14.5. The van der Waals surface area contributed by atoms with Crippen molar-refractivity contribution in [3.63, 3.8) is 0 Å². The van der Waals surface area contributed by atoms with E-state index in [4.69, 9.17) is 14.2 Å². The van der Waals surface area contributed by atoms with Gasteiger partial charge in [-0.3, -0.25) is 4.79 Å². The van der Waals surface area contributed by atoms with Crippen molar-refractivity contribution in [2.24, 2.45) is 104 Å². The van der Waals surface area contributed by atoms with E-state index in [-0.39, 0.29) is 60.5 Å². The molecule has 10 fully saturated rings. The Balaban J connectivity index is 0.000000239. The minimum absolute atomic E-state index is 0. The molecule has 1 heterocycles. The maximum Gasteiger partial charge on any atom is 1.00 e. The summed E-state index contributed by atoms with van der Waals surface area (Å²) in [7, 11) is 2.93. The van der Waals surface area contributed by atoms with Crippen LogP contribution in [0.1, 0.15) is 310 Å². The van der Waals surface area contributed by atoms with Gasteiger partial charge in [-0.25, -0.2) is 4.79 Å². The minimum atomic E-state index is -0.516. The number of carbonyl (C=O) groups is 2. The van der Waals surface area contributed by atoms with E-state index >= 15 is 0 Å². The van der Waals surface area contributed by atoms with E-state index in [1.165, 1.54) is 149 Å². The van der Waals surface area contributed by atoms with Crippen molar-refractivity contribution in [2.45, 2.75) is 333 Å². The van der Waals surface area contributed by atoms with E-state index < -0.39 is 22.4 Å². The van der Waals surface area contributed by atoms with Gasteiger partial charge in [0.1, 0.15) is 0 Å². The Morgan fingerprint density at radius 2 is 0.883 bits per heavy atom. The molecule has 0 radical (unpaired) electrons. The van der Waals surface area contributed by atoms with Gasteiger partial charge in [-0.1, -0.05) is 111 Å². The van der Waals surface area contributed by atoms with Gasteiger partial charge in [0.25, 0.3) is 0 Å². The Labute approximate surface area is 589 Å². The smallest absolute Gasteiger partial charge is 0.469 e. The molecule has 0 aromatic rings. The summed E-state index contributed by atoms with van der Waals surface area (Å²) in [6, 6.07) is 0. The quantitative estimate of drug-likeness (QED) is 0.0523.